The van der Waals surface area contributed by atoms with Gasteiger partial charge in [-0.2, -0.15) is 0 Å². The van der Waals surface area contributed by atoms with Gasteiger partial charge in [0.25, 0.3) is 0 Å². The molecule has 0 fully saturated rings. The zero-order valence-electron chi connectivity index (χ0n) is 38.8. The second-order valence-corrected chi connectivity index (χ2v) is 24.1. The molecule has 6 aromatic carbocycles. The smallest absolute Gasteiger partial charge is 0.156 e. The third kappa shape index (κ3) is 9.03. The molecule has 0 aliphatic rings. The fourth-order valence-electron chi connectivity index (χ4n) is 9.00. The Kier molecular flexibility index (Phi) is 13.2. The summed E-state index contributed by atoms with van der Waals surface area (Å²) in [7, 11) is -1.34. The Hall–Kier alpha value is -5.98. The van der Waals surface area contributed by atoms with Crippen LogP contribution in [0.1, 0.15) is 70.1 Å². The number of rotatable bonds is 9. The maximum absolute atomic E-state index is 6.54. The first-order chi connectivity index (χ1) is 30.9. The van der Waals surface area contributed by atoms with Crippen molar-refractivity contribution in [2.24, 2.45) is 5.92 Å². The summed E-state index contributed by atoms with van der Waals surface area (Å²) in [6.45, 7) is 20.8. The molecule has 0 unspecified atom stereocenters. The first kappa shape index (κ1) is 45.6. The molecule has 0 aliphatic carbocycles. The zero-order valence-corrected chi connectivity index (χ0v) is 42.2. The van der Waals surface area contributed by atoms with Gasteiger partial charge in [-0.25, -0.2) is 4.98 Å². The molecule has 0 N–H and O–H groups in total. The predicted molar refractivity (Wildman–Crippen MR) is 272 cm³/mol. The normalized spacial score (nSPS) is 11.8. The standard InChI is InChI=1S/C40H32N3O.C18H24NSi.Ir/c1-24(2)33-21-28(26-13-6-5-7-14-26)22-34(25(3)4)37(33)43-39(42-36-29-16-9-8-15-27(29)23-41-40(36)43)32-19-12-18-31-30-17-10-11-20-35(30)44-38(31)32;1-14(2)11-16-12-17(15-9-7-6-8-10-15)19-13-18(16)20(3,4)5;/h5-18,20-25H,1-4H3;6-9,12-14H,11H2,1-5H3;/q2*-1;. The van der Waals surface area contributed by atoms with Gasteiger partial charge in [-0.15, -0.1) is 54.1 Å². The van der Waals surface area contributed by atoms with E-state index in [1.165, 1.54) is 33.0 Å². The number of pyridine rings is 2. The van der Waals surface area contributed by atoms with E-state index in [0.717, 1.165) is 78.6 Å². The molecule has 0 aliphatic heterocycles. The van der Waals surface area contributed by atoms with E-state index in [1.54, 1.807) is 0 Å². The summed E-state index contributed by atoms with van der Waals surface area (Å²) in [5, 5.41) is 5.77. The molecule has 4 heterocycles. The first-order valence-corrected chi connectivity index (χ1v) is 26.2. The van der Waals surface area contributed by atoms with Gasteiger partial charge in [0.1, 0.15) is 11.1 Å². The summed E-state index contributed by atoms with van der Waals surface area (Å²) < 4.78 is 8.82. The molecule has 1 radical (unpaired) electrons. The van der Waals surface area contributed by atoms with Gasteiger partial charge in [-0.1, -0.05) is 157 Å². The van der Waals surface area contributed by atoms with Crippen molar-refractivity contribution in [3.05, 3.63) is 175 Å². The van der Waals surface area contributed by atoms with E-state index in [1.807, 2.05) is 48.7 Å². The molecule has 5 nitrogen and oxygen atoms in total. The number of para-hydroxylation sites is 1. The summed E-state index contributed by atoms with van der Waals surface area (Å²) in [6, 6.07) is 53.1. The molecule has 0 bridgehead atoms. The van der Waals surface area contributed by atoms with Crippen molar-refractivity contribution in [2.75, 3.05) is 0 Å². The van der Waals surface area contributed by atoms with Gasteiger partial charge in [-0.05, 0) is 75.5 Å². The fraction of sp³-hybridized carbons (Fsp3) is 0.224. The molecule has 4 aromatic heterocycles. The average molecular weight is 1050 g/mol. The summed E-state index contributed by atoms with van der Waals surface area (Å²) in [5.74, 6) is 1.95. The van der Waals surface area contributed by atoms with Crippen LogP contribution in [0, 0.1) is 18.1 Å². The molecule has 10 aromatic rings. The number of fused-ring (bicyclic) bond motifs is 6. The van der Waals surface area contributed by atoms with Crippen molar-refractivity contribution in [2.45, 2.75) is 79.4 Å². The van der Waals surface area contributed by atoms with Crippen molar-refractivity contribution in [3.8, 4) is 39.5 Å². The molecule has 0 saturated carbocycles. The molecular formula is C58H56IrN4OSi-2. The summed E-state index contributed by atoms with van der Waals surface area (Å²) in [4.78, 5) is 15.2. The molecule has 0 amide bonds. The minimum atomic E-state index is -1.34. The molecule has 10 rings (SSSR count). The maximum Gasteiger partial charge on any atom is 0.156 e. The van der Waals surface area contributed by atoms with Crippen LogP contribution in [0.15, 0.2) is 150 Å². The molecule has 0 atom stereocenters. The van der Waals surface area contributed by atoms with Crippen LogP contribution >= 0.6 is 0 Å². The van der Waals surface area contributed by atoms with Crippen LogP contribution in [0.4, 0.5) is 0 Å². The zero-order chi connectivity index (χ0) is 44.7. The van der Waals surface area contributed by atoms with Crippen LogP contribution in [0.2, 0.25) is 19.6 Å². The number of hydrogen-bond acceptors (Lipinski definition) is 4. The molecule has 65 heavy (non-hydrogen) atoms. The van der Waals surface area contributed by atoms with E-state index < -0.39 is 8.07 Å². The predicted octanol–water partition coefficient (Wildman–Crippen LogP) is 15.1. The molecule has 7 heteroatoms. The van der Waals surface area contributed by atoms with E-state index >= 15 is 0 Å². The van der Waals surface area contributed by atoms with Gasteiger partial charge < -0.3 is 14.0 Å². The number of aromatic nitrogens is 4. The monoisotopic (exact) mass is 1050 g/mol. The third-order valence-corrected chi connectivity index (χ3v) is 14.2. The van der Waals surface area contributed by atoms with Crippen molar-refractivity contribution >= 4 is 57.1 Å². The van der Waals surface area contributed by atoms with Gasteiger partial charge in [0, 0.05) is 54.3 Å². The van der Waals surface area contributed by atoms with Crippen molar-refractivity contribution in [1.29, 1.82) is 0 Å². The van der Waals surface area contributed by atoms with E-state index in [2.05, 4.69) is 180 Å². The average Bonchev–Trinajstić information content (AvgIpc) is 3.88. The van der Waals surface area contributed by atoms with Crippen LogP contribution in [-0.4, -0.2) is 27.6 Å². The van der Waals surface area contributed by atoms with E-state index in [0.29, 0.717) is 5.92 Å². The second-order valence-electron chi connectivity index (χ2n) is 19.0. The SMILES string of the molecule is CC(C)Cc1cc(-c2[c-]cccc2)ncc1[Si](C)(C)C.CC(C)c1cc(-c2ccccc2)cc(C(C)C)c1-n1c(-c2[c-]ccc3c2oc2ccccc23)nc2c3ccccc3cnc21.[Ir]. The van der Waals surface area contributed by atoms with Gasteiger partial charge in [0.15, 0.2) is 5.65 Å². The van der Waals surface area contributed by atoms with Crippen LogP contribution in [0.25, 0.3) is 83.3 Å². The summed E-state index contributed by atoms with van der Waals surface area (Å²) in [6.07, 6.45) is 5.20. The Morgan fingerprint density at radius 2 is 1.32 bits per heavy atom. The first-order valence-electron chi connectivity index (χ1n) is 22.7. The van der Waals surface area contributed by atoms with Crippen molar-refractivity contribution in [1.82, 2.24) is 19.5 Å². The van der Waals surface area contributed by atoms with Gasteiger partial charge in [-0.3, -0.25) is 4.98 Å². The topological polar surface area (TPSA) is 56.7 Å². The molecule has 0 spiro atoms. The van der Waals surface area contributed by atoms with E-state index in [4.69, 9.17) is 14.4 Å². The van der Waals surface area contributed by atoms with Crippen LogP contribution in [0.5, 0.6) is 0 Å². The number of nitrogens with zero attached hydrogens (tertiary/aromatic N) is 4. The number of furan rings is 1. The van der Waals surface area contributed by atoms with Crippen LogP contribution in [-0.2, 0) is 26.5 Å². The van der Waals surface area contributed by atoms with Crippen LogP contribution in [0.3, 0.4) is 0 Å². The minimum absolute atomic E-state index is 0. The van der Waals surface area contributed by atoms with Gasteiger partial charge in [0.05, 0.1) is 19.5 Å². The Morgan fingerprint density at radius 3 is 2.00 bits per heavy atom. The Morgan fingerprint density at radius 1 is 0.646 bits per heavy atom. The maximum atomic E-state index is 6.54. The van der Waals surface area contributed by atoms with Crippen LogP contribution < -0.4 is 5.19 Å². The van der Waals surface area contributed by atoms with Crippen molar-refractivity contribution in [3.63, 3.8) is 0 Å². The number of imidazole rings is 1. The molecule has 0 saturated heterocycles. The van der Waals surface area contributed by atoms with E-state index in [9.17, 15) is 0 Å². The largest absolute Gasteiger partial charge is 0.501 e. The molecule has 329 valence electrons. The quantitative estimate of drug-likeness (QED) is 0.107. The van der Waals surface area contributed by atoms with Gasteiger partial charge >= 0.3 is 0 Å². The summed E-state index contributed by atoms with van der Waals surface area (Å²) >= 11 is 0. The van der Waals surface area contributed by atoms with E-state index in [-0.39, 0.29) is 31.9 Å². The third-order valence-electron chi connectivity index (χ3n) is 12.1. The molecular weight excluding hydrogens is 989 g/mol. The fourth-order valence-corrected chi connectivity index (χ4v) is 10.6. The Balaban J connectivity index is 0.000000232. The second kappa shape index (κ2) is 18.9. The number of benzene rings is 6. The van der Waals surface area contributed by atoms with Crippen molar-refractivity contribution < 1.29 is 24.5 Å². The Bertz CT molecular complexity index is 3240. The minimum Gasteiger partial charge on any atom is -0.501 e. The number of hydrogen-bond donors (Lipinski definition) is 0. The summed E-state index contributed by atoms with van der Waals surface area (Å²) in [5.41, 5.74) is 13.8. The Labute approximate surface area is 398 Å². The van der Waals surface area contributed by atoms with Gasteiger partial charge in [0.2, 0.25) is 0 Å².